The summed E-state index contributed by atoms with van der Waals surface area (Å²) in [5, 5.41) is 9.93. The molecule has 0 bridgehead atoms. The molecule has 0 aliphatic heterocycles. The molecule has 0 unspecified atom stereocenters. The van der Waals surface area contributed by atoms with Crippen LogP contribution in [0.25, 0.3) is 0 Å². The lowest BCUT2D eigenvalue weighted by atomic mass is 10.2. The lowest BCUT2D eigenvalue weighted by Crippen LogP contribution is -2.27. The molecular formula is C15H12Cl2N2O2S. The molecule has 7 heteroatoms. The fourth-order valence-corrected chi connectivity index (χ4v) is 3.68. The van der Waals surface area contributed by atoms with E-state index in [1.807, 2.05) is 6.07 Å². The molecular weight excluding hydrogens is 343 g/mol. The molecule has 0 saturated carbocycles. The molecule has 0 fully saturated rings. The maximum Gasteiger partial charge on any atom is 0.244 e. The van der Waals surface area contributed by atoms with Crippen LogP contribution in [0, 0.1) is 11.3 Å². The lowest BCUT2D eigenvalue weighted by molar-refractivity contribution is 0.466. The van der Waals surface area contributed by atoms with Crippen LogP contribution in [-0.2, 0) is 16.6 Å². The van der Waals surface area contributed by atoms with Gasteiger partial charge in [0.1, 0.15) is 6.07 Å². The monoisotopic (exact) mass is 354 g/mol. The summed E-state index contributed by atoms with van der Waals surface area (Å²) in [7, 11) is -2.35. The van der Waals surface area contributed by atoms with Crippen LogP contribution in [-0.4, -0.2) is 19.8 Å². The van der Waals surface area contributed by atoms with E-state index in [0.717, 1.165) is 4.31 Å². The van der Waals surface area contributed by atoms with Gasteiger partial charge in [-0.05, 0) is 29.8 Å². The molecule has 0 aliphatic rings. The van der Waals surface area contributed by atoms with Crippen LogP contribution < -0.4 is 0 Å². The number of nitriles is 1. The molecule has 2 aromatic carbocycles. The first-order chi connectivity index (χ1) is 10.4. The highest BCUT2D eigenvalue weighted by atomic mass is 35.5. The van der Waals surface area contributed by atoms with Gasteiger partial charge in [-0.25, -0.2) is 8.42 Å². The molecule has 0 atom stereocenters. The van der Waals surface area contributed by atoms with Crippen molar-refractivity contribution in [2.75, 3.05) is 7.05 Å². The zero-order chi connectivity index (χ0) is 16.3. The summed E-state index contributed by atoms with van der Waals surface area (Å²) in [5.74, 6) is 0. The molecule has 0 radical (unpaired) electrons. The number of hydrogen-bond donors (Lipinski definition) is 0. The van der Waals surface area contributed by atoms with Crippen molar-refractivity contribution in [1.29, 1.82) is 5.26 Å². The molecule has 2 rings (SSSR count). The van der Waals surface area contributed by atoms with E-state index in [9.17, 15) is 8.42 Å². The number of rotatable bonds is 4. The number of hydrogen-bond acceptors (Lipinski definition) is 3. The van der Waals surface area contributed by atoms with Crippen molar-refractivity contribution in [1.82, 2.24) is 4.31 Å². The van der Waals surface area contributed by atoms with Gasteiger partial charge in [-0.2, -0.15) is 9.57 Å². The van der Waals surface area contributed by atoms with Gasteiger partial charge < -0.3 is 0 Å². The van der Waals surface area contributed by atoms with E-state index < -0.39 is 10.0 Å². The van der Waals surface area contributed by atoms with E-state index in [1.165, 1.54) is 19.2 Å². The standard InChI is InChI=1S/C15H12Cl2N2O2S/c1-19(10-12-6-7-13(16)8-14(12)17)22(20,21)15-5-3-2-4-11(15)9-18/h2-8H,10H2,1H3. The summed E-state index contributed by atoms with van der Waals surface area (Å²) >= 11 is 11.9. The SMILES string of the molecule is CN(Cc1ccc(Cl)cc1Cl)S(=O)(=O)c1ccccc1C#N. The first kappa shape index (κ1) is 16.8. The Morgan fingerprint density at radius 1 is 1.18 bits per heavy atom. The van der Waals surface area contributed by atoms with E-state index >= 15 is 0 Å². The molecule has 0 heterocycles. The van der Waals surface area contributed by atoms with Gasteiger partial charge in [-0.1, -0.05) is 41.4 Å². The molecule has 114 valence electrons. The second-order valence-corrected chi connectivity index (χ2v) is 7.46. The van der Waals surface area contributed by atoms with Crippen LogP contribution in [0.5, 0.6) is 0 Å². The fraction of sp³-hybridized carbons (Fsp3) is 0.133. The van der Waals surface area contributed by atoms with Crippen LogP contribution in [0.1, 0.15) is 11.1 Å². The zero-order valence-electron chi connectivity index (χ0n) is 11.6. The van der Waals surface area contributed by atoms with E-state index in [0.29, 0.717) is 15.6 Å². The van der Waals surface area contributed by atoms with Gasteiger partial charge in [0.15, 0.2) is 0 Å². The van der Waals surface area contributed by atoms with E-state index in [4.69, 9.17) is 28.5 Å². The van der Waals surface area contributed by atoms with Gasteiger partial charge >= 0.3 is 0 Å². The Morgan fingerprint density at radius 3 is 2.50 bits per heavy atom. The summed E-state index contributed by atoms with van der Waals surface area (Å²) in [6, 6.07) is 12.8. The smallest absolute Gasteiger partial charge is 0.207 e. The first-order valence-corrected chi connectivity index (χ1v) is 8.45. The fourth-order valence-electron chi connectivity index (χ4n) is 1.93. The Morgan fingerprint density at radius 2 is 1.86 bits per heavy atom. The Labute approximate surface area is 139 Å². The predicted octanol–water partition coefficient (Wildman–Crippen LogP) is 3.69. The van der Waals surface area contributed by atoms with Crippen LogP contribution >= 0.6 is 23.2 Å². The second-order valence-electron chi connectivity index (χ2n) is 4.60. The molecule has 0 aliphatic carbocycles. The predicted molar refractivity (Wildman–Crippen MR) is 86.3 cm³/mol. The third-order valence-electron chi connectivity index (χ3n) is 3.10. The van der Waals surface area contributed by atoms with Gasteiger partial charge in [-0.3, -0.25) is 0 Å². The minimum absolute atomic E-state index is 0.0231. The van der Waals surface area contributed by atoms with Gasteiger partial charge in [0.25, 0.3) is 0 Å². The van der Waals surface area contributed by atoms with Crippen molar-refractivity contribution in [3.8, 4) is 6.07 Å². The average Bonchev–Trinajstić information content (AvgIpc) is 2.49. The van der Waals surface area contributed by atoms with Crippen molar-refractivity contribution < 1.29 is 8.42 Å². The van der Waals surface area contributed by atoms with Crippen LogP contribution in [0.2, 0.25) is 10.0 Å². The molecule has 2 aromatic rings. The zero-order valence-corrected chi connectivity index (χ0v) is 14.0. The Kier molecular flexibility index (Phi) is 5.09. The number of sulfonamides is 1. The van der Waals surface area contributed by atoms with E-state index in [1.54, 1.807) is 30.3 Å². The molecule has 0 spiro atoms. The largest absolute Gasteiger partial charge is 0.244 e. The average molecular weight is 355 g/mol. The quantitative estimate of drug-likeness (QED) is 0.840. The van der Waals surface area contributed by atoms with Gasteiger partial charge in [0.2, 0.25) is 10.0 Å². The molecule has 0 aromatic heterocycles. The minimum atomic E-state index is -3.79. The molecule has 0 saturated heterocycles. The van der Waals surface area contributed by atoms with Crippen LogP contribution in [0.15, 0.2) is 47.4 Å². The highest BCUT2D eigenvalue weighted by molar-refractivity contribution is 7.89. The van der Waals surface area contributed by atoms with Crippen molar-refractivity contribution in [3.63, 3.8) is 0 Å². The van der Waals surface area contributed by atoms with Crippen molar-refractivity contribution >= 4 is 33.2 Å². The van der Waals surface area contributed by atoms with E-state index in [2.05, 4.69) is 0 Å². The Bertz CT molecular complexity index is 845. The van der Waals surface area contributed by atoms with Crippen molar-refractivity contribution in [3.05, 3.63) is 63.6 Å². The molecule has 22 heavy (non-hydrogen) atoms. The Hall–Kier alpha value is -1.58. The first-order valence-electron chi connectivity index (χ1n) is 6.25. The normalized spacial score (nSPS) is 11.4. The highest BCUT2D eigenvalue weighted by Gasteiger charge is 2.24. The summed E-state index contributed by atoms with van der Waals surface area (Å²) in [4.78, 5) is -0.0231. The summed E-state index contributed by atoms with van der Waals surface area (Å²) in [6.07, 6.45) is 0. The maximum atomic E-state index is 12.6. The van der Waals surface area contributed by atoms with E-state index in [-0.39, 0.29) is 17.0 Å². The Balaban J connectivity index is 2.36. The van der Waals surface area contributed by atoms with Crippen molar-refractivity contribution in [2.24, 2.45) is 0 Å². The van der Waals surface area contributed by atoms with Crippen LogP contribution in [0.3, 0.4) is 0 Å². The van der Waals surface area contributed by atoms with Gasteiger partial charge in [0, 0.05) is 23.6 Å². The van der Waals surface area contributed by atoms with Crippen LogP contribution in [0.4, 0.5) is 0 Å². The number of benzene rings is 2. The minimum Gasteiger partial charge on any atom is -0.207 e. The highest BCUT2D eigenvalue weighted by Crippen LogP contribution is 2.25. The topological polar surface area (TPSA) is 61.2 Å². The number of nitrogens with zero attached hydrogens (tertiary/aromatic N) is 2. The van der Waals surface area contributed by atoms with Gasteiger partial charge in [-0.15, -0.1) is 0 Å². The summed E-state index contributed by atoms with van der Waals surface area (Å²) in [5.41, 5.74) is 0.739. The molecule has 0 amide bonds. The third-order valence-corrected chi connectivity index (χ3v) is 5.55. The second kappa shape index (κ2) is 6.67. The molecule has 0 N–H and O–H groups in total. The third kappa shape index (κ3) is 3.42. The molecule has 4 nitrogen and oxygen atoms in total. The summed E-state index contributed by atoms with van der Waals surface area (Å²) < 4.78 is 26.4. The summed E-state index contributed by atoms with van der Waals surface area (Å²) in [6.45, 7) is 0.0814. The number of halogens is 2. The van der Waals surface area contributed by atoms with Crippen molar-refractivity contribution in [2.45, 2.75) is 11.4 Å². The maximum absolute atomic E-state index is 12.6. The lowest BCUT2D eigenvalue weighted by Gasteiger charge is -2.18. The van der Waals surface area contributed by atoms with Gasteiger partial charge in [0.05, 0.1) is 10.5 Å².